The van der Waals surface area contributed by atoms with Crippen LogP contribution in [0.4, 0.5) is 0 Å². The van der Waals surface area contributed by atoms with Gasteiger partial charge in [0.15, 0.2) is 0 Å². The lowest BCUT2D eigenvalue weighted by Crippen LogP contribution is -2.26. The number of carbonyl (C=O) groups is 1. The number of aromatic nitrogens is 3. The lowest BCUT2D eigenvalue weighted by molar-refractivity contribution is 0.0935. The highest BCUT2D eigenvalue weighted by Gasteiger charge is 2.14. The number of nitrogens with one attached hydrogen (secondary N) is 2. The average molecular weight is 322 g/mol. The summed E-state index contributed by atoms with van der Waals surface area (Å²) in [4.78, 5) is 16.3. The minimum absolute atomic E-state index is 0.129. The summed E-state index contributed by atoms with van der Waals surface area (Å²) in [6.45, 7) is 1.93. The maximum Gasteiger partial charge on any atom is 0.269 e. The summed E-state index contributed by atoms with van der Waals surface area (Å²) < 4.78 is 5.14. The van der Waals surface area contributed by atoms with E-state index in [1.165, 1.54) is 0 Å². The fourth-order valence-electron chi connectivity index (χ4n) is 2.36. The summed E-state index contributed by atoms with van der Waals surface area (Å²) in [6, 6.07) is 12.9. The second kappa shape index (κ2) is 6.95. The van der Waals surface area contributed by atoms with Crippen LogP contribution in [0, 0.1) is 0 Å². The highest BCUT2D eigenvalue weighted by molar-refractivity contribution is 5.93. The van der Waals surface area contributed by atoms with Crippen LogP contribution in [0.3, 0.4) is 0 Å². The van der Waals surface area contributed by atoms with Gasteiger partial charge in [-0.3, -0.25) is 14.9 Å². The fraction of sp³-hybridized carbons (Fsp3) is 0.167. The normalized spacial score (nSPS) is 11.8. The molecule has 0 saturated heterocycles. The number of methoxy groups -OCH3 is 1. The molecular weight excluding hydrogens is 304 g/mol. The largest absolute Gasteiger partial charge is 0.497 e. The van der Waals surface area contributed by atoms with Crippen molar-refractivity contribution in [3.8, 4) is 17.0 Å². The second-order valence-electron chi connectivity index (χ2n) is 5.37. The van der Waals surface area contributed by atoms with Gasteiger partial charge in [-0.1, -0.05) is 12.1 Å². The number of aromatic amines is 1. The predicted molar refractivity (Wildman–Crippen MR) is 90.7 cm³/mol. The van der Waals surface area contributed by atoms with Crippen LogP contribution in [-0.2, 0) is 0 Å². The number of hydrogen-bond acceptors (Lipinski definition) is 4. The number of ether oxygens (including phenoxy) is 1. The zero-order chi connectivity index (χ0) is 16.9. The summed E-state index contributed by atoms with van der Waals surface area (Å²) in [7, 11) is 1.62. The third-order valence-corrected chi connectivity index (χ3v) is 3.76. The van der Waals surface area contributed by atoms with Gasteiger partial charge in [-0.05, 0) is 42.8 Å². The first-order valence-corrected chi connectivity index (χ1v) is 7.58. The molecule has 3 rings (SSSR count). The molecule has 0 saturated carbocycles. The van der Waals surface area contributed by atoms with Gasteiger partial charge < -0.3 is 10.1 Å². The highest BCUT2D eigenvalue weighted by Crippen LogP contribution is 2.19. The number of rotatable bonds is 5. The summed E-state index contributed by atoms with van der Waals surface area (Å²) in [5.74, 6) is 0.582. The first-order chi connectivity index (χ1) is 11.7. The van der Waals surface area contributed by atoms with Gasteiger partial charge >= 0.3 is 0 Å². The molecule has 0 aliphatic heterocycles. The zero-order valence-electron chi connectivity index (χ0n) is 13.5. The van der Waals surface area contributed by atoms with Gasteiger partial charge in [0.05, 0.1) is 18.8 Å². The number of pyridine rings is 1. The smallest absolute Gasteiger partial charge is 0.269 e. The minimum Gasteiger partial charge on any atom is -0.497 e. The van der Waals surface area contributed by atoms with Crippen molar-refractivity contribution in [1.82, 2.24) is 20.5 Å². The van der Waals surface area contributed by atoms with Gasteiger partial charge in [0.1, 0.15) is 11.4 Å². The van der Waals surface area contributed by atoms with E-state index in [4.69, 9.17) is 4.74 Å². The molecular formula is C18H18N4O2. The standard InChI is InChI=1S/C18H18N4O2/c1-12(13-3-5-15(24-2)6-4-13)20-18(23)17-11-16(21-22-17)14-7-9-19-10-8-14/h3-12H,1-2H3,(H,20,23)(H,21,22)/t12-/m1/s1. The van der Waals surface area contributed by atoms with Crippen LogP contribution >= 0.6 is 0 Å². The Morgan fingerprint density at radius 3 is 2.54 bits per heavy atom. The maximum atomic E-state index is 12.4. The SMILES string of the molecule is COc1ccc([C@@H](C)NC(=O)c2cc(-c3ccncc3)n[nH]2)cc1. The molecule has 0 fully saturated rings. The molecule has 0 bridgehead atoms. The van der Waals surface area contributed by atoms with Crippen molar-refractivity contribution in [3.05, 3.63) is 66.1 Å². The molecule has 0 aliphatic rings. The Morgan fingerprint density at radius 1 is 1.17 bits per heavy atom. The van der Waals surface area contributed by atoms with Gasteiger partial charge in [0.2, 0.25) is 0 Å². The Bertz CT molecular complexity index is 813. The van der Waals surface area contributed by atoms with E-state index >= 15 is 0 Å². The quantitative estimate of drug-likeness (QED) is 0.757. The Kier molecular flexibility index (Phi) is 4.56. The van der Waals surface area contributed by atoms with Crippen molar-refractivity contribution in [2.45, 2.75) is 13.0 Å². The maximum absolute atomic E-state index is 12.4. The molecule has 2 aromatic heterocycles. The zero-order valence-corrected chi connectivity index (χ0v) is 13.5. The van der Waals surface area contributed by atoms with Gasteiger partial charge in [-0.2, -0.15) is 5.10 Å². The molecule has 6 nitrogen and oxygen atoms in total. The number of nitrogens with zero attached hydrogens (tertiary/aromatic N) is 2. The van der Waals surface area contributed by atoms with E-state index in [2.05, 4.69) is 20.5 Å². The Balaban J connectivity index is 1.69. The predicted octanol–water partition coefficient (Wildman–Crippen LogP) is 2.97. The van der Waals surface area contributed by atoms with Gasteiger partial charge in [0.25, 0.3) is 5.91 Å². The molecule has 1 amide bonds. The van der Waals surface area contributed by atoms with Crippen molar-refractivity contribution >= 4 is 5.91 Å². The molecule has 1 aromatic carbocycles. The third-order valence-electron chi connectivity index (χ3n) is 3.76. The summed E-state index contributed by atoms with van der Waals surface area (Å²) >= 11 is 0. The molecule has 2 heterocycles. The topological polar surface area (TPSA) is 79.9 Å². The molecule has 3 aromatic rings. The molecule has 0 radical (unpaired) electrons. The number of amides is 1. The number of H-pyrrole nitrogens is 1. The Labute approximate surface area is 139 Å². The summed E-state index contributed by atoms with van der Waals surface area (Å²) in [5.41, 5.74) is 3.03. The van der Waals surface area contributed by atoms with Crippen LogP contribution in [0.25, 0.3) is 11.3 Å². The monoisotopic (exact) mass is 322 g/mol. The van der Waals surface area contributed by atoms with E-state index < -0.39 is 0 Å². The van der Waals surface area contributed by atoms with E-state index in [0.29, 0.717) is 11.4 Å². The van der Waals surface area contributed by atoms with E-state index in [-0.39, 0.29) is 11.9 Å². The van der Waals surface area contributed by atoms with E-state index in [1.54, 1.807) is 25.6 Å². The van der Waals surface area contributed by atoms with E-state index in [9.17, 15) is 4.79 Å². The van der Waals surface area contributed by atoms with Crippen LogP contribution < -0.4 is 10.1 Å². The van der Waals surface area contributed by atoms with Gasteiger partial charge in [0, 0.05) is 18.0 Å². The van der Waals surface area contributed by atoms with Crippen LogP contribution in [0.5, 0.6) is 5.75 Å². The van der Waals surface area contributed by atoms with Crippen molar-refractivity contribution in [2.24, 2.45) is 0 Å². The van der Waals surface area contributed by atoms with E-state index in [1.807, 2.05) is 43.3 Å². The molecule has 1 atom stereocenters. The van der Waals surface area contributed by atoms with Crippen molar-refractivity contribution in [1.29, 1.82) is 0 Å². The molecule has 0 aliphatic carbocycles. The summed E-state index contributed by atoms with van der Waals surface area (Å²) in [5, 5.41) is 9.91. The average Bonchev–Trinajstić information content (AvgIpc) is 3.13. The third kappa shape index (κ3) is 3.43. The van der Waals surface area contributed by atoms with Crippen LogP contribution in [0.1, 0.15) is 29.0 Å². The number of carbonyl (C=O) groups excluding carboxylic acids is 1. The first kappa shape index (κ1) is 15.7. The second-order valence-corrected chi connectivity index (χ2v) is 5.37. The summed E-state index contributed by atoms with van der Waals surface area (Å²) in [6.07, 6.45) is 3.38. The lowest BCUT2D eigenvalue weighted by atomic mass is 10.1. The number of hydrogen-bond donors (Lipinski definition) is 2. The molecule has 122 valence electrons. The molecule has 0 spiro atoms. The van der Waals surface area contributed by atoms with Crippen LogP contribution in [-0.4, -0.2) is 28.2 Å². The molecule has 24 heavy (non-hydrogen) atoms. The van der Waals surface area contributed by atoms with Crippen LogP contribution in [0.15, 0.2) is 54.9 Å². The Hall–Kier alpha value is -3.15. The molecule has 6 heteroatoms. The van der Waals surface area contributed by atoms with Crippen molar-refractivity contribution < 1.29 is 9.53 Å². The van der Waals surface area contributed by atoms with Crippen molar-refractivity contribution in [2.75, 3.05) is 7.11 Å². The minimum atomic E-state index is -0.203. The fourth-order valence-corrected chi connectivity index (χ4v) is 2.36. The molecule has 0 unspecified atom stereocenters. The lowest BCUT2D eigenvalue weighted by Gasteiger charge is -2.14. The van der Waals surface area contributed by atoms with Gasteiger partial charge in [-0.25, -0.2) is 0 Å². The highest BCUT2D eigenvalue weighted by atomic mass is 16.5. The first-order valence-electron chi connectivity index (χ1n) is 7.58. The molecule has 2 N–H and O–H groups in total. The Morgan fingerprint density at radius 2 is 1.88 bits per heavy atom. The van der Waals surface area contributed by atoms with Crippen LogP contribution in [0.2, 0.25) is 0 Å². The number of benzene rings is 1. The van der Waals surface area contributed by atoms with Crippen molar-refractivity contribution in [3.63, 3.8) is 0 Å². The van der Waals surface area contributed by atoms with Gasteiger partial charge in [-0.15, -0.1) is 0 Å². The van der Waals surface area contributed by atoms with E-state index in [0.717, 1.165) is 16.9 Å².